The number of aryl methyl sites for hydroxylation is 2. The number of fused-ring (bicyclic) bond motifs is 1. The van der Waals surface area contributed by atoms with Gasteiger partial charge in [-0.2, -0.15) is 0 Å². The minimum atomic E-state index is 0.908. The van der Waals surface area contributed by atoms with E-state index < -0.39 is 0 Å². The molecule has 3 rings (SSSR count). The monoisotopic (exact) mass is 254 g/mol. The molecule has 0 radical (unpaired) electrons. The number of hydrogen-bond acceptors (Lipinski definition) is 4. The second kappa shape index (κ2) is 4.97. The largest absolute Gasteiger partial charge is 0.323 e. The van der Waals surface area contributed by atoms with Crippen LogP contribution in [0, 0.1) is 13.8 Å². The van der Waals surface area contributed by atoms with Crippen LogP contribution in [0.25, 0.3) is 0 Å². The Balaban J connectivity index is 2.11. The molecule has 98 valence electrons. The van der Waals surface area contributed by atoms with Crippen molar-refractivity contribution in [2.24, 2.45) is 0 Å². The topological polar surface area (TPSA) is 41.1 Å². The van der Waals surface area contributed by atoms with Crippen molar-refractivity contribution < 1.29 is 0 Å². The van der Waals surface area contributed by atoms with Gasteiger partial charge in [0.1, 0.15) is 0 Å². The number of nitrogens with one attached hydrogen (secondary N) is 1. The number of hydrogen-bond donors (Lipinski definition) is 1. The molecule has 0 bridgehead atoms. The highest BCUT2D eigenvalue weighted by atomic mass is 15.2. The SMILES string of the molecule is Cc1cnc(C)c(N2CCNCc3ccccc32)n1. The van der Waals surface area contributed by atoms with Crippen LogP contribution in [-0.2, 0) is 6.54 Å². The molecule has 1 aromatic heterocycles. The molecule has 0 spiro atoms. The highest BCUT2D eigenvalue weighted by Crippen LogP contribution is 2.29. The van der Waals surface area contributed by atoms with Crippen LogP contribution in [0.2, 0.25) is 0 Å². The second-order valence-electron chi connectivity index (χ2n) is 4.88. The zero-order valence-electron chi connectivity index (χ0n) is 11.3. The minimum absolute atomic E-state index is 0.908. The summed E-state index contributed by atoms with van der Waals surface area (Å²) < 4.78 is 0. The van der Waals surface area contributed by atoms with Crippen molar-refractivity contribution in [3.8, 4) is 0 Å². The maximum atomic E-state index is 4.67. The Morgan fingerprint density at radius 3 is 2.95 bits per heavy atom. The van der Waals surface area contributed by atoms with Gasteiger partial charge in [0.25, 0.3) is 0 Å². The average Bonchev–Trinajstić information content (AvgIpc) is 2.64. The van der Waals surface area contributed by atoms with Crippen LogP contribution < -0.4 is 10.2 Å². The Morgan fingerprint density at radius 1 is 1.21 bits per heavy atom. The Kier molecular flexibility index (Phi) is 3.17. The van der Waals surface area contributed by atoms with Gasteiger partial charge < -0.3 is 10.2 Å². The molecule has 19 heavy (non-hydrogen) atoms. The van der Waals surface area contributed by atoms with Crippen LogP contribution in [0.5, 0.6) is 0 Å². The Labute approximate surface area is 113 Å². The first-order chi connectivity index (χ1) is 9.25. The quantitative estimate of drug-likeness (QED) is 0.848. The van der Waals surface area contributed by atoms with Crippen LogP contribution in [0.4, 0.5) is 11.5 Å². The lowest BCUT2D eigenvalue weighted by molar-refractivity contribution is 0.710. The summed E-state index contributed by atoms with van der Waals surface area (Å²) in [7, 11) is 0. The van der Waals surface area contributed by atoms with Crippen molar-refractivity contribution in [1.82, 2.24) is 15.3 Å². The molecule has 1 aliphatic rings. The summed E-state index contributed by atoms with van der Waals surface area (Å²) >= 11 is 0. The third-order valence-corrected chi connectivity index (χ3v) is 3.42. The van der Waals surface area contributed by atoms with E-state index in [-0.39, 0.29) is 0 Å². The molecule has 1 N–H and O–H groups in total. The molecular weight excluding hydrogens is 236 g/mol. The lowest BCUT2D eigenvalue weighted by atomic mass is 10.1. The van der Waals surface area contributed by atoms with Gasteiger partial charge in [0.15, 0.2) is 5.82 Å². The van der Waals surface area contributed by atoms with Gasteiger partial charge in [0.05, 0.1) is 11.4 Å². The number of nitrogens with zero attached hydrogens (tertiary/aromatic N) is 3. The molecule has 4 nitrogen and oxygen atoms in total. The zero-order valence-corrected chi connectivity index (χ0v) is 11.3. The first-order valence-corrected chi connectivity index (χ1v) is 6.62. The molecule has 0 saturated carbocycles. The van der Waals surface area contributed by atoms with Gasteiger partial charge in [-0.25, -0.2) is 4.98 Å². The highest BCUT2D eigenvalue weighted by molar-refractivity contribution is 5.65. The van der Waals surface area contributed by atoms with Crippen molar-refractivity contribution in [2.45, 2.75) is 20.4 Å². The van der Waals surface area contributed by atoms with E-state index in [1.54, 1.807) is 0 Å². The molecule has 0 atom stereocenters. The van der Waals surface area contributed by atoms with Gasteiger partial charge in [-0.3, -0.25) is 4.98 Å². The van der Waals surface area contributed by atoms with Crippen molar-refractivity contribution in [2.75, 3.05) is 18.0 Å². The lowest BCUT2D eigenvalue weighted by Gasteiger charge is -2.24. The number of para-hydroxylation sites is 1. The van der Waals surface area contributed by atoms with Crippen molar-refractivity contribution in [3.05, 3.63) is 47.4 Å². The fourth-order valence-corrected chi connectivity index (χ4v) is 2.46. The summed E-state index contributed by atoms with van der Waals surface area (Å²) in [5, 5.41) is 3.45. The van der Waals surface area contributed by atoms with Crippen LogP contribution in [0.3, 0.4) is 0 Å². The molecule has 0 saturated heterocycles. The summed E-state index contributed by atoms with van der Waals surface area (Å²) in [6, 6.07) is 8.49. The van der Waals surface area contributed by atoms with E-state index in [4.69, 9.17) is 0 Å². The zero-order chi connectivity index (χ0) is 13.2. The molecule has 2 heterocycles. The maximum Gasteiger partial charge on any atom is 0.154 e. The Morgan fingerprint density at radius 2 is 2.05 bits per heavy atom. The van der Waals surface area contributed by atoms with Gasteiger partial charge in [0.2, 0.25) is 0 Å². The maximum absolute atomic E-state index is 4.67. The van der Waals surface area contributed by atoms with Crippen LogP contribution in [0.15, 0.2) is 30.5 Å². The van der Waals surface area contributed by atoms with E-state index in [1.807, 2.05) is 20.0 Å². The van der Waals surface area contributed by atoms with Gasteiger partial charge in [-0.1, -0.05) is 18.2 Å². The predicted molar refractivity (Wildman–Crippen MR) is 76.7 cm³/mol. The summed E-state index contributed by atoms with van der Waals surface area (Å²) in [6.45, 7) is 6.77. The van der Waals surface area contributed by atoms with E-state index in [0.717, 1.165) is 36.8 Å². The summed E-state index contributed by atoms with van der Waals surface area (Å²) in [5.41, 5.74) is 4.47. The molecule has 0 amide bonds. The number of rotatable bonds is 1. The standard InChI is InChI=1S/C15H18N4/c1-11-9-17-12(2)15(18-11)19-8-7-16-10-13-5-3-4-6-14(13)19/h3-6,9,16H,7-8,10H2,1-2H3. The minimum Gasteiger partial charge on any atom is -0.323 e. The third-order valence-electron chi connectivity index (χ3n) is 3.42. The molecule has 0 aliphatic carbocycles. The normalized spacial score (nSPS) is 14.9. The number of benzene rings is 1. The predicted octanol–water partition coefficient (Wildman–Crippen LogP) is 2.33. The van der Waals surface area contributed by atoms with Crippen LogP contribution >= 0.6 is 0 Å². The van der Waals surface area contributed by atoms with Crippen LogP contribution in [0.1, 0.15) is 17.0 Å². The second-order valence-corrected chi connectivity index (χ2v) is 4.88. The molecule has 1 aromatic carbocycles. The van der Waals surface area contributed by atoms with Crippen molar-refractivity contribution in [3.63, 3.8) is 0 Å². The van der Waals surface area contributed by atoms with E-state index in [2.05, 4.69) is 44.5 Å². The highest BCUT2D eigenvalue weighted by Gasteiger charge is 2.19. The average molecular weight is 254 g/mol. The summed E-state index contributed by atoms with van der Waals surface area (Å²) in [6.07, 6.45) is 1.82. The number of anilines is 2. The van der Waals surface area contributed by atoms with E-state index >= 15 is 0 Å². The molecule has 1 aliphatic heterocycles. The number of aromatic nitrogens is 2. The smallest absolute Gasteiger partial charge is 0.154 e. The lowest BCUT2D eigenvalue weighted by Crippen LogP contribution is -2.26. The molecular formula is C15H18N4. The first kappa shape index (κ1) is 12.1. The molecule has 2 aromatic rings. The van der Waals surface area contributed by atoms with Gasteiger partial charge in [-0.15, -0.1) is 0 Å². The first-order valence-electron chi connectivity index (χ1n) is 6.62. The third kappa shape index (κ3) is 2.31. The van der Waals surface area contributed by atoms with Crippen molar-refractivity contribution in [1.29, 1.82) is 0 Å². The summed E-state index contributed by atoms with van der Waals surface area (Å²) in [4.78, 5) is 11.4. The van der Waals surface area contributed by atoms with E-state index in [9.17, 15) is 0 Å². The van der Waals surface area contributed by atoms with Crippen molar-refractivity contribution >= 4 is 11.5 Å². The molecule has 0 unspecified atom stereocenters. The fraction of sp³-hybridized carbons (Fsp3) is 0.333. The Bertz CT molecular complexity index is 594. The van der Waals surface area contributed by atoms with Crippen LogP contribution in [-0.4, -0.2) is 23.1 Å². The van der Waals surface area contributed by atoms with Gasteiger partial charge in [-0.05, 0) is 25.5 Å². The van der Waals surface area contributed by atoms with Gasteiger partial charge >= 0.3 is 0 Å². The molecule has 4 heteroatoms. The summed E-state index contributed by atoms with van der Waals surface area (Å²) in [5.74, 6) is 0.969. The van der Waals surface area contributed by atoms with Gasteiger partial charge in [0, 0.05) is 31.5 Å². The van der Waals surface area contributed by atoms with E-state index in [1.165, 1.54) is 11.3 Å². The van der Waals surface area contributed by atoms with E-state index in [0.29, 0.717) is 0 Å². The Hall–Kier alpha value is -1.94. The molecule has 0 fully saturated rings. The fourth-order valence-electron chi connectivity index (χ4n) is 2.46.